The van der Waals surface area contributed by atoms with Gasteiger partial charge in [-0.25, -0.2) is 4.79 Å². The number of nitrogens with zero attached hydrogens (tertiary/aromatic N) is 2. The van der Waals surface area contributed by atoms with Crippen LogP contribution < -0.4 is 0 Å². The zero-order valence-corrected chi connectivity index (χ0v) is 10.6. The molecule has 2 rings (SSSR count). The molecule has 4 nitrogen and oxygen atoms in total. The molecule has 0 aliphatic heterocycles. The second-order valence-electron chi connectivity index (χ2n) is 4.04. The molecule has 0 N–H and O–H groups in total. The zero-order valence-electron chi connectivity index (χ0n) is 10.6. The van der Waals surface area contributed by atoms with Crippen LogP contribution in [0.5, 0.6) is 0 Å². The van der Waals surface area contributed by atoms with Crippen molar-refractivity contribution in [3.63, 3.8) is 0 Å². The molecular formula is C14H16N2O2. The van der Waals surface area contributed by atoms with Gasteiger partial charge in [-0.05, 0) is 18.1 Å². The Hall–Kier alpha value is -2.10. The second-order valence-corrected chi connectivity index (χ2v) is 4.04. The normalized spacial score (nSPS) is 10.3. The number of carbonyl (C=O) groups excluding carboxylic acids is 1. The highest BCUT2D eigenvalue weighted by Gasteiger charge is 2.14. The lowest BCUT2D eigenvalue weighted by molar-refractivity contribution is 0.0497. The van der Waals surface area contributed by atoms with Crippen LogP contribution in [0, 0.1) is 0 Å². The van der Waals surface area contributed by atoms with Crippen LogP contribution in [-0.2, 0) is 11.8 Å². The van der Waals surface area contributed by atoms with E-state index in [0.717, 1.165) is 17.7 Å². The fraction of sp³-hybridized carbons (Fsp3) is 0.286. The third-order valence-electron chi connectivity index (χ3n) is 2.60. The molecule has 4 heteroatoms. The lowest BCUT2D eigenvalue weighted by Crippen LogP contribution is -2.07. The van der Waals surface area contributed by atoms with Crippen LogP contribution in [0.1, 0.15) is 23.8 Å². The molecule has 0 amide bonds. The number of aromatic nitrogens is 2. The number of hydrogen-bond donors (Lipinski definition) is 0. The van der Waals surface area contributed by atoms with Gasteiger partial charge in [-0.15, -0.1) is 0 Å². The first kappa shape index (κ1) is 12.4. The number of benzene rings is 1. The van der Waals surface area contributed by atoms with Crippen molar-refractivity contribution in [1.82, 2.24) is 9.78 Å². The Balaban J connectivity index is 2.25. The maximum atomic E-state index is 11.7. The average Bonchev–Trinajstić information content (AvgIpc) is 2.79. The highest BCUT2D eigenvalue weighted by molar-refractivity contribution is 5.88. The predicted molar refractivity (Wildman–Crippen MR) is 69.2 cm³/mol. The van der Waals surface area contributed by atoms with Gasteiger partial charge in [-0.3, -0.25) is 4.68 Å². The van der Waals surface area contributed by atoms with Crippen LogP contribution >= 0.6 is 0 Å². The summed E-state index contributed by atoms with van der Waals surface area (Å²) in [6.45, 7) is 2.39. The van der Waals surface area contributed by atoms with Gasteiger partial charge in [-0.2, -0.15) is 5.10 Å². The number of hydrogen-bond acceptors (Lipinski definition) is 3. The van der Waals surface area contributed by atoms with Crippen molar-refractivity contribution in [2.45, 2.75) is 13.3 Å². The third-order valence-corrected chi connectivity index (χ3v) is 2.60. The highest BCUT2D eigenvalue weighted by atomic mass is 16.5. The van der Waals surface area contributed by atoms with E-state index in [-0.39, 0.29) is 5.97 Å². The van der Waals surface area contributed by atoms with Crippen LogP contribution in [0.4, 0.5) is 0 Å². The van der Waals surface area contributed by atoms with Crippen molar-refractivity contribution in [1.29, 1.82) is 0 Å². The Labute approximate surface area is 106 Å². The molecule has 94 valence electrons. The van der Waals surface area contributed by atoms with E-state index in [9.17, 15) is 4.79 Å². The molecule has 18 heavy (non-hydrogen) atoms. The molecule has 1 heterocycles. The van der Waals surface area contributed by atoms with Gasteiger partial charge in [0.05, 0.1) is 12.3 Å². The summed E-state index contributed by atoms with van der Waals surface area (Å²) in [4.78, 5) is 11.7. The first-order valence-corrected chi connectivity index (χ1v) is 5.99. The quantitative estimate of drug-likeness (QED) is 0.777. The van der Waals surface area contributed by atoms with E-state index in [1.807, 2.05) is 44.3 Å². The molecule has 0 aliphatic carbocycles. The maximum absolute atomic E-state index is 11.7. The standard InChI is InChI=1S/C14H16N2O2/c1-3-9-18-14(17)12-10-13(16(2)15-12)11-7-5-4-6-8-11/h4-8,10H,3,9H2,1-2H3. The Morgan fingerprint density at radius 3 is 2.72 bits per heavy atom. The van der Waals surface area contributed by atoms with Crippen LogP contribution in [0.2, 0.25) is 0 Å². The summed E-state index contributed by atoms with van der Waals surface area (Å²) in [5.41, 5.74) is 2.28. The molecule has 0 radical (unpaired) electrons. The predicted octanol–water partition coefficient (Wildman–Crippen LogP) is 2.65. The van der Waals surface area contributed by atoms with Crippen molar-refractivity contribution >= 4 is 5.97 Å². The Morgan fingerprint density at radius 2 is 2.06 bits per heavy atom. The summed E-state index contributed by atoms with van der Waals surface area (Å²) in [5.74, 6) is -0.366. The zero-order chi connectivity index (χ0) is 13.0. The van der Waals surface area contributed by atoms with E-state index in [1.165, 1.54) is 0 Å². The van der Waals surface area contributed by atoms with Crippen molar-refractivity contribution in [3.05, 3.63) is 42.1 Å². The molecule has 0 saturated heterocycles. The van der Waals surface area contributed by atoms with Crippen molar-refractivity contribution in [2.24, 2.45) is 7.05 Å². The van der Waals surface area contributed by atoms with Crippen LogP contribution in [0.15, 0.2) is 36.4 Å². The van der Waals surface area contributed by atoms with Gasteiger partial charge >= 0.3 is 5.97 Å². The molecule has 1 aromatic heterocycles. The van der Waals surface area contributed by atoms with Gasteiger partial charge in [0.2, 0.25) is 0 Å². The average molecular weight is 244 g/mol. The van der Waals surface area contributed by atoms with Crippen LogP contribution in [0.3, 0.4) is 0 Å². The summed E-state index contributed by atoms with van der Waals surface area (Å²) >= 11 is 0. The van der Waals surface area contributed by atoms with Gasteiger partial charge in [0.1, 0.15) is 0 Å². The molecule has 0 spiro atoms. The summed E-state index contributed by atoms with van der Waals surface area (Å²) in [6.07, 6.45) is 0.810. The Morgan fingerprint density at radius 1 is 1.33 bits per heavy atom. The lowest BCUT2D eigenvalue weighted by Gasteiger charge is -1.99. The van der Waals surface area contributed by atoms with Crippen molar-refractivity contribution in [2.75, 3.05) is 6.61 Å². The first-order valence-electron chi connectivity index (χ1n) is 5.99. The minimum atomic E-state index is -0.366. The SMILES string of the molecule is CCCOC(=O)c1cc(-c2ccccc2)n(C)n1. The molecule has 0 saturated carbocycles. The van der Waals surface area contributed by atoms with Crippen molar-refractivity contribution in [3.8, 4) is 11.3 Å². The van der Waals surface area contributed by atoms with E-state index in [2.05, 4.69) is 5.10 Å². The largest absolute Gasteiger partial charge is 0.461 e. The summed E-state index contributed by atoms with van der Waals surface area (Å²) < 4.78 is 6.76. The van der Waals surface area contributed by atoms with Gasteiger partial charge < -0.3 is 4.74 Å². The van der Waals surface area contributed by atoms with Gasteiger partial charge in [-0.1, -0.05) is 37.3 Å². The fourth-order valence-electron chi connectivity index (χ4n) is 1.71. The number of esters is 1. The number of aryl methyl sites for hydroxylation is 1. The van der Waals surface area contributed by atoms with E-state index >= 15 is 0 Å². The van der Waals surface area contributed by atoms with Gasteiger partial charge in [0, 0.05) is 7.05 Å². The number of rotatable bonds is 4. The van der Waals surface area contributed by atoms with Gasteiger partial charge in [0.15, 0.2) is 5.69 Å². The molecule has 1 aromatic carbocycles. The fourth-order valence-corrected chi connectivity index (χ4v) is 1.71. The first-order chi connectivity index (χ1) is 8.72. The van der Waals surface area contributed by atoms with E-state index in [4.69, 9.17) is 4.74 Å². The summed E-state index contributed by atoms with van der Waals surface area (Å²) in [5, 5.41) is 4.18. The maximum Gasteiger partial charge on any atom is 0.358 e. The molecule has 0 fully saturated rings. The third kappa shape index (κ3) is 2.59. The Bertz CT molecular complexity index is 532. The Kier molecular flexibility index (Phi) is 3.77. The molecule has 0 unspecified atom stereocenters. The van der Waals surface area contributed by atoms with Crippen LogP contribution in [0.25, 0.3) is 11.3 Å². The summed E-state index contributed by atoms with van der Waals surface area (Å²) in [6, 6.07) is 11.6. The molecule has 2 aromatic rings. The van der Waals surface area contributed by atoms with E-state index < -0.39 is 0 Å². The highest BCUT2D eigenvalue weighted by Crippen LogP contribution is 2.19. The number of ether oxygens (including phenoxy) is 1. The monoisotopic (exact) mass is 244 g/mol. The molecule has 0 atom stereocenters. The van der Waals surface area contributed by atoms with E-state index in [1.54, 1.807) is 10.7 Å². The minimum Gasteiger partial charge on any atom is -0.461 e. The topological polar surface area (TPSA) is 44.1 Å². The number of carbonyl (C=O) groups is 1. The molecular weight excluding hydrogens is 228 g/mol. The molecule has 0 aliphatic rings. The molecule has 0 bridgehead atoms. The van der Waals surface area contributed by atoms with Crippen LogP contribution in [-0.4, -0.2) is 22.4 Å². The second kappa shape index (κ2) is 5.49. The summed E-state index contributed by atoms with van der Waals surface area (Å²) in [7, 11) is 1.82. The van der Waals surface area contributed by atoms with Gasteiger partial charge in [0.25, 0.3) is 0 Å². The lowest BCUT2D eigenvalue weighted by atomic mass is 10.1. The minimum absolute atomic E-state index is 0.352. The van der Waals surface area contributed by atoms with Crippen molar-refractivity contribution < 1.29 is 9.53 Å². The van der Waals surface area contributed by atoms with E-state index in [0.29, 0.717) is 12.3 Å². The smallest absolute Gasteiger partial charge is 0.358 e.